The first-order chi connectivity index (χ1) is 15.0. The highest BCUT2D eigenvalue weighted by atomic mass is 16.5. The molecule has 0 saturated heterocycles. The molecule has 31 heavy (non-hydrogen) atoms. The largest absolute Gasteiger partial charge is 0.449 e. The van der Waals surface area contributed by atoms with Crippen LogP contribution in [-0.2, 0) is 4.74 Å². The van der Waals surface area contributed by atoms with E-state index in [9.17, 15) is 15.0 Å². The molecule has 0 saturated carbocycles. The van der Waals surface area contributed by atoms with Gasteiger partial charge in [0, 0.05) is 23.7 Å². The molecule has 6 heteroatoms. The predicted octanol–water partition coefficient (Wildman–Crippen LogP) is 3.51. The van der Waals surface area contributed by atoms with E-state index in [1.807, 2.05) is 49.4 Å². The summed E-state index contributed by atoms with van der Waals surface area (Å²) in [7, 11) is 0. The summed E-state index contributed by atoms with van der Waals surface area (Å²) in [6.45, 7) is 1.89. The number of aliphatic hydroxyl groups is 2. The summed E-state index contributed by atoms with van der Waals surface area (Å²) < 4.78 is 5.45. The third-order valence-electron chi connectivity index (χ3n) is 5.72. The van der Waals surface area contributed by atoms with E-state index in [1.54, 1.807) is 12.1 Å². The number of amides is 1. The molecule has 0 aromatic heterocycles. The fraction of sp³-hybridized carbons (Fsp3) is 0.240. The Balaban J connectivity index is 1.35. The van der Waals surface area contributed by atoms with Crippen molar-refractivity contribution in [2.75, 3.05) is 18.9 Å². The number of fused-ring (bicyclic) bond motifs is 3. The first kappa shape index (κ1) is 20.9. The molecule has 2 atom stereocenters. The van der Waals surface area contributed by atoms with Gasteiger partial charge in [0.25, 0.3) is 0 Å². The number of carbonyl (C=O) groups is 1. The van der Waals surface area contributed by atoms with Gasteiger partial charge in [0.2, 0.25) is 0 Å². The van der Waals surface area contributed by atoms with Crippen LogP contribution in [0.3, 0.4) is 0 Å². The van der Waals surface area contributed by atoms with E-state index in [1.165, 1.54) is 0 Å². The Labute approximate surface area is 181 Å². The normalized spacial score (nSPS) is 14.4. The Hall–Kier alpha value is -3.35. The van der Waals surface area contributed by atoms with Crippen molar-refractivity contribution in [3.63, 3.8) is 0 Å². The van der Waals surface area contributed by atoms with Crippen molar-refractivity contribution in [2.24, 2.45) is 0 Å². The Morgan fingerprint density at radius 1 is 1.03 bits per heavy atom. The Morgan fingerprint density at radius 2 is 1.65 bits per heavy atom. The molecule has 1 aliphatic carbocycles. The second kappa shape index (κ2) is 8.79. The SMILES string of the molecule is Cc1ccc(N)c(C(O)C(O)CNC(=O)OCC2c3ccccc3-c3ccccc32)c1. The molecule has 160 valence electrons. The van der Waals surface area contributed by atoms with Gasteiger partial charge in [0.15, 0.2) is 0 Å². The summed E-state index contributed by atoms with van der Waals surface area (Å²) in [6.07, 6.45) is -3.08. The highest BCUT2D eigenvalue weighted by molar-refractivity contribution is 5.79. The summed E-state index contributed by atoms with van der Waals surface area (Å²) in [5.41, 5.74) is 12.2. The summed E-state index contributed by atoms with van der Waals surface area (Å²) in [5, 5.41) is 23.2. The number of anilines is 1. The summed E-state index contributed by atoms with van der Waals surface area (Å²) >= 11 is 0. The van der Waals surface area contributed by atoms with Crippen LogP contribution in [0.15, 0.2) is 66.7 Å². The van der Waals surface area contributed by atoms with Crippen molar-refractivity contribution in [3.8, 4) is 11.1 Å². The quantitative estimate of drug-likeness (QED) is 0.459. The number of hydrogen-bond donors (Lipinski definition) is 4. The minimum absolute atomic E-state index is 0.0410. The topological polar surface area (TPSA) is 105 Å². The fourth-order valence-electron chi connectivity index (χ4n) is 4.11. The molecule has 0 spiro atoms. The summed E-state index contributed by atoms with van der Waals surface area (Å²) in [4.78, 5) is 12.3. The van der Waals surface area contributed by atoms with Crippen LogP contribution in [0.4, 0.5) is 10.5 Å². The predicted molar refractivity (Wildman–Crippen MR) is 120 cm³/mol. The van der Waals surface area contributed by atoms with Crippen LogP contribution in [0.5, 0.6) is 0 Å². The molecule has 1 amide bonds. The van der Waals surface area contributed by atoms with Gasteiger partial charge in [-0.3, -0.25) is 0 Å². The van der Waals surface area contributed by atoms with E-state index in [4.69, 9.17) is 10.5 Å². The Kier molecular flexibility index (Phi) is 5.93. The van der Waals surface area contributed by atoms with Gasteiger partial charge < -0.3 is 26.0 Å². The van der Waals surface area contributed by atoms with Crippen molar-refractivity contribution < 1.29 is 19.7 Å². The van der Waals surface area contributed by atoms with Crippen LogP contribution in [0.1, 0.15) is 34.3 Å². The molecule has 5 N–H and O–H groups in total. The molecule has 6 nitrogen and oxygen atoms in total. The number of hydrogen-bond acceptors (Lipinski definition) is 5. The number of nitrogens with one attached hydrogen (secondary N) is 1. The molecule has 4 rings (SSSR count). The molecule has 0 bridgehead atoms. The van der Waals surface area contributed by atoms with Gasteiger partial charge in [-0.2, -0.15) is 0 Å². The van der Waals surface area contributed by atoms with Gasteiger partial charge in [-0.15, -0.1) is 0 Å². The van der Waals surface area contributed by atoms with E-state index in [-0.39, 0.29) is 19.1 Å². The lowest BCUT2D eigenvalue weighted by Gasteiger charge is -2.21. The van der Waals surface area contributed by atoms with Gasteiger partial charge in [-0.05, 0) is 35.2 Å². The number of alkyl carbamates (subject to hydrolysis) is 1. The number of ether oxygens (including phenoxy) is 1. The van der Waals surface area contributed by atoms with E-state index in [0.29, 0.717) is 11.3 Å². The third-order valence-corrected chi connectivity index (χ3v) is 5.72. The maximum atomic E-state index is 12.3. The van der Waals surface area contributed by atoms with Gasteiger partial charge >= 0.3 is 6.09 Å². The second-order valence-corrected chi connectivity index (χ2v) is 7.85. The smallest absolute Gasteiger partial charge is 0.407 e. The van der Waals surface area contributed by atoms with Gasteiger partial charge in [-0.1, -0.05) is 66.2 Å². The number of rotatable bonds is 6. The van der Waals surface area contributed by atoms with Crippen molar-refractivity contribution in [2.45, 2.75) is 25.0 Å². The number of benzene rings is 3. The molecule has 3 aromatic rings. The number of nitrogen functional groups attached to an aromatic ring is 1. The highest BCUT2D eigenvalue weighted by Gasteiger charge is 2.29. The highest BCUT2D eigenvalue weighted by Crippen LogP contribution is 2.44. The van der Waals surface area contributed by atoms with Crippen molar-refractivity contribution >= 4 is 11.8 Å². The molecule has 0 heterocycles. The van der Waals surface area contributed by atoms with E-state index in [2.05, 4.69) is 17.4 Å². The Bertz CT molecular complexity index is 1050. The van der Waals surface area contributed by atoms with Crippen LogP contribution < -0.4 is 11.1 Å². The van der Waals surface area contributed by atoms with Gasteiger partial charge in [-0.25, -0.2) is 4.79 Å². The first-order valence-corrected chi connectivity index (χ1v) is 10.3. The lowest BCUT2D eigenvalue weighted by Crippen LogP contribution is -2.36. The third kappa shape index (κ3) is 4.26. The van der Waals surface area contributed by atoms with Crippen LogP contribution in [0, 0.1) is 6.92 Å². The number of carbonyl (C=O) groups excluding carboxylic acids is 1. The molecule has 2 unspecified atom stereocenters. The lowest BCUT2D eigenvalue weighted by molar-refractivity contribution is 0.0189. The zero-order valence-electron chi connectivity index (χ0n) is 17.3. The van der Waals surface area contributed by atoms with Crippen molar-refractivity contribution in [1.82, 2.24) is 5.32 Å². The average Bonchev–Trinajstić information content (AvgIpc) is 3.11. The van der Waals surface area contributed by atoms with Crippen LogP contribution >= 0.6 is 0 Å². The molecule has 3 aromatic carbocycles. The van der Waals surface area contributed by atoms with Crippen LogP contribution in [-0.4, -0.2) is 35.6 Å². The first-order valence-electron chi connectivity index (χ1n) is 10.3. The lowest BCUT2D eigenvalue weighted by atomic mass is 9.98. The van der Waals surface area contributed by atoms with E-state index in [0.717, 1.165) is 27.8 Å². The van der Waals surface area contributed by atoms with Gasteiger partial charge in [0.1, 0.15) is 18.8 Å². The second-order valence-electron chi connectivity index (χ2n) is 7.85. The number of nitrogens with two attached hydrogens (primary N) is 1. The Morgan fingerprint density at radius 3 is 2.29 bits per heavy atom. The summed E-state index contributed by atoms with van der Waals surface area (Å²) in [6, 6.07) is 21.4. The van der Waals surface area contributed by atoms with Crippen LogP contribution in [0.2, 0.25) is 0 Å². The number of aryl methyl sites for hydroxylation is 1. The average molecular weight is 418 g/mol. The van der Waals surface area contributed by atoms with E-state index < -0.39 is 18.3 Å². The molecule has 0 radical (unpaired) electrons. The van der Waals surface area contributed by atoms with Crippen LogP contribution in [0.25, 0.3) is 11.1 Å². The molecule has 0 aliphatic heterocycles. The fourth-order valence-corrected chi connectivity index (χ4v) is 4.11. The summed E-state index contributed by atoms with van der Waals surface area (Å²) in [5.74, 6) is -0.0410. The molecular weight excluding hydrogens is 392 g/mol. The minimum atomic E-state index is -1.22. The monoisotopic (exact) mass is 418 g/mol. The zero-order valence-corrected chi connectivity index (χ0v) is 17.3. The van der Waals surface area contributed by atoms with Crippen molar-refractivity contribution in [1.29, 1.82) is 0 Å². The zero-order chi connectivity index (χ0) is 22.0. The molecular formula is C25H26N2O4. The number of aliphatic hydroxyl groups excluding tert-OH is 2. The van der Waals surface area contributed by atoms with E-state index >= 15 is 0 Å². The molecule has 1 aliphatic rings. The minimum Gasteiger partial charge on any atom is -0.449 e. The van der Waals surface area contributed by atoms with Gasteiger partial charge in [0.05, 0.1) is 0 Å². The molecule has 0 fully saturated rings. The standard InChI is InChI=1S/C25H26N2O4/c1-15-10-11-22(26)20(12-15)24(29)23(28)13-27-25(30)31-14-21-18-8-4-2-6-16(18)17-7-3-5-9-19(17)21/h2-12,21,23-24,28-29H,13-14,26H2,1H3,(H,27,30). The van der Waals surface area contributed by atoms with Crippen molar-refractivity contribution in [3.05, 3.63) is 89.0 Å². The maximum Gasteiger partial charge on any atom is 0.407 e. The maximum absolute atomic E-state index is 12.3.